The van der Waals surface area contributed by atoms with Crippen molar-refractivity contribution in [2.75, 3.05) is 20.2 Å². The zero-order valence-electron chi connectivity index (χ0n) is 11.7. The summed E-state index contributed by atoms with van der Waals surface area (Å²) in [5, 5.41) is 6.52. The molecule has 0 bridgehead atoms. The fourth-order valence-electron chi connectivity index (χ4n) is 1.40. The van der Waals surface area contributed by atoms with Crippen LogP contribution in [0.15, 0.2) is 33.7 Å². The summed E-state index contributed by atoms with van der Waals surface area (Å²) in [5.41, 5.74) is 0. The summed E-state index contributed by atoms with van der Waals surface area (Å²) in [4.78, 5) is 4.16. The van der Waals surface area contributed by atoms with Gasteiger partial charge < -0.3 is 15.4 Å². The molecular weight excluding hydrogens is 306 g/mol. The second-order valence-electron chi connectivity index (χ2n) is 4.26. The SMILES string of the molecule is CCC(C)NC(=NC)NCCOc1ccc(Br)cc1. The molecule has 5 heteroatoms. The number of nitrogens with zero attached hydrogens (tertiary/aromatic N) is 1. The average molecular weight is 328 g/mol. The van der Waals surface area contributed by atoms with Crippen molar-refractivity contribution >= 4 is 21.9 Å². The average Bonchev–Trinajstić information content (AvgIpc) is 2.43. The maximum atomic E-state index is 5.62. The van der Waals surface area contributed by atoms with Crippen molar-refractivity contribution in [2.45, 2.75) is 26.3 Å². The molecule has 106 valence electrons. The van der Waals surface area contributed by atoms with Gasteiger partial charge in [0.2, 0.25) is 0 Å². The van der Waals surface area contributed by atoms with Gasteiger partial charge in [-0.15, -0.1) is 0 Å². The zero-order chi connectivity index (χ0) is 14.1. The normalized spacial score (nSPS) is 12.9. The molecule has 0 aliphatic heterocycles. The molecule has 1 aromatic rings. The Morgan fingerprint density at radius 1 is 1.37 bits per heavy atom. The monoisotopic (exact) mass is 327 g/mol. The summed E-state index contributed by atoms with van der Waals surface area (Å²) in [6.45, 7) is 5.59. The Kier molecular flexibility index (Phi) is 7.33. The van der Waals surface area contributed by atoms with Gasteiger partial charge >= 0.3 is 0 Å². The van der Waals surface area contributed by atoms with E-state index in [0.717, 1.165) is 22.6 Å². The number of halogens is 1. The van der Waals surface area contributed by atoms with E-state index in [1.807, 2.05) is 24.3 Å². The van der Waals surface area contributed by atoms with Crippen molar-refractivity contribution < 1.29 is 4.74 Å². The second kappa shape index (κ2) is 8.80. The van der Waals surface area contributed by atoms with Crippen LogP contribution in [0, 0.1) is 0 Å². The van der Waals surface area contributed by atoms with Crippen LogP contribution in [0.1, 0.15) is 20.3 Å². The van der Waals surface area contributed by atoms with Crippen molar-refractivity contribution in [3.63, 3.8) is 0 Å². The molecule has 1 rings (SSSR count). The van der Waals surface area contributed by atoms with Crippen molar-refractivity contribution in [3.05, 3.63) is 28.7 Å². The lowest BCUT2D eigenvalue weighted by molar-refractivity contribution is 0.321. The minimum Gasteiger partial charge on any atom is -0.492 e. The van der Waals surface area contributed by atoms with Gasteiger partial charge in [0.15, 0.2) is 5.96 Å². The van der Waals surface area contributed by atoms with Crippen molar-refractivity contribution in [2.24, 2.45) is 4.99 Å². The van der Waals surface area contributed by atoms with E-state index in [9.17, 15) is 0 Å². The molecule has 0 amide bonds. The second-order valence-corrected chi connectivity index (χ2v) is 5.17. The highest BCUT2D eigenvalue weighted by Gasteiger charge is 2.01. The number of benzene rings is 1. The molecule has 0 heterocycles. The Balaban J connectivity index is 2.24. The minimum absolute atomic E-state index is 0.415. The molecule has 0 fully saturated rings. The van der Waals surface area contributed by atoms with E-state index < -0.39 is 0 Å². The standard InChI is InChI=1S/C14H22BrN3O/c1-4-11(2)18-14(16-3)17-9-10-19-13-7-5-12(15)6-8-13/h5-8,11H,4,9-10H2,1-3H3,(H2,16,17,18). The molecule has 0 saturated carbocycles. The van der Waals surface area contributed by atoms with Gasteiger partial charge in [0.05, 0.1) is 6.54 Å². The first-order valence-electron chi connectivity index (χ1n) is 6.51. The van der Waals surface area contributed by atoms with Crippen LogP contribution in [0.3, 0.4) is 0 Å². The topological polar surface area (TPSA) is 45.7 Å². The van der Waals surface area contributed by atoms with E-state index in [1.54, 1.807) is 7.05 Å². The highest BCUT2D eigenvalue weighted by molar-refractivity contribution is 9.10. The smallest absolute Gasteiger partial charge is 0.191 e. The lowest BCUT2D eigenvalue weighted by atomic mass is 10.3. The van der Waals surface area contributed by atoms with E-state index in [4.69, 9.17) is 4.74 Å². The summed E-state index contributed by atoms with van der Waals surface area (Å²) in [5.74, 6) is 1.68. The Bertz CT molecular complexity index is 392. The minimum atomic E-state index is 0.415. The van der Waals surface area contributed by atoms with E-state index in [-0.39, 0.29) is 0 Å². The van der Waals surface area contributed by atoms with Crippen LogP contribution in [0.2, 0.25) is 0 Å². The fraction of sp³-hybridized carbons (Fsp3) is 0.500. The molecule has 1 aromatic carbocycles. The van der Waals surface area contributed by atoms with Gasteiger partial charge in [0, 0.05) is 17.6 Å². The number of guanidine groups is 1. The summed E-state index contributed by atoms with van der Waals surface area (Å²) in [7, 11) is 1.77. The van der Waals surface area contributed by atoms with Crippen molar-refractivity contribution in [1.82, 2.24) is 10.6 Å². The first kappa shape index (κ1) is 15.8. The van der Waals surface area contributed by atoms with E-state index in [0.29, 0.717) is 19.2 Å². The third-order valence-corrected chi connectivity index (χ3v) is 3.22. The molecule has 0 saturated heterocycles. The number of aliphatic imine (C=N–C) groups is 1. The molecular formula is C14H22BrN3O. The number of hydrogen-bond acceptors (Lipinski definition) is 2. The molecule has 0 spiro atoms. The Morgan fingerprint density at radius 2 is 2.05 bits per heavy atom. The molecule has 0 aliphatic rings. The van der Waals surface area contributed by atoms with Crippen LogP contribution < -0.4 is 15.4 Å². The van der Waals surface area contributed by atoms with Crippen molar-refractivity contribution in [3.8, 4) is 5.75 Å². The van der Waals surface area contributed by atoms with Gasteiger partial charge in [-0.3, -0.25) is 4.99 Å². The maximum absolute atomic E-state index is 5.62. The van der Waals surface area contributed by atoms with Crippen LogP contribution in [-0.4, -0.2) is 32.2 Å². The van der Waals surface area contributed by atoms with Crippen molar-refractivity contribution in [1.29, 1.82) is 0 Å². The molecule has 0 radical (unpaired) electrons. The number of hydrogen-bond donors (Lipinski definition) is 2. The quantitative estimate of drug-likeness (QED) is 0.480. The Labute approximate surface area is 123 Å². The van der Waals surface area contributed by atoms with Gasteiger partial charge in [0.25, 0.3) is 0 Å². The largest absolute Gasteiger partial charge is 0.492 e. The van der Waals surface area contributed by atoms with E-state index in [2.05, 4.69) is 45.4 Å². The first-order valence-corrected chi connectivity index (χ1v) is 7.30. The highest BCUT2D eigenvalue weighted by Crippen LogP contribution is 2.15. The number of nitrogens with one attached hydrogen (secondary N) is 2. The summed E-state index contributed by atoms with van der Waals surface area (Å²) < 4.78 is 6.67. The lowest BCUT2D eigenvalue weighted by Crippen LogP contribution is -2.43. The number of ether oxygens (including phenoxy) is 1. The Morgan fingerprint density at radius 3 is 2.63 bits per heavy atom. The van der Waals surface area contributed by atoms with Gasteiger partial charge in [-0.1, -0.05) is 22.9 Å². The number of rotatable bonds is 6. The van der Waals surface area contributed by atoms with E-state index >= 15 is 0 Å². The predicted molar refractivity (Wildman–Crippen MR) is 83.9 cm³/mol. The first-order chi connectivity index (χ1) is 9.15. The molecule has 0 aliphatic carbocycles. The van der Waals surface area contributed by atoms with Gasteiger partial charge in [-0.2, -0.15) is 0 Å². The summed E-state index contributed by atoms with van der Waals surface area (Å²) >= 11 is 3.39. The molecule has 0 aromatic heterocycles. The van der Waals surface area contributed by atoms with Gasteiger partial charge in [-0.05, 0) is 37.6 Å². The predicted octanol–water partition coefficient (Wildman–Crippen LogP) is 2.79. The fourth-order valence-corrected chi connectivity index (χ4v) is 1.66. The van der Waals surface area contributed by atoms with Gasteiger partial charge in [-0.25, -0.2) is 0 Å². The third-order valence-electron chi connectivity index (χ3n) is 2.70. The van der Waals surface area contributed by atoms with Crippen LogP contribution >= 0.6 is 15.9 Å². The summed E-state index contributed by atoms with van der Waals surface area (Å²) in [6.07, 6.45) is 1.07. The van der Waals surface area contributed by atoms with E-state index in [1.165, 1.54) is 0 Å². The summed E-state index contributed by atoms with van der Waals surface area (Å²) in [6, 6.07) is 8.23. The maximum Gasteiger partial charge on any atom is 0.191 e. The molecule has 2 N–H and O–H groups in total. The third kappa shape index (κ3) is 6.47. The van der Waals surface area contributed by atoms with Crippen LogP contribution in [0.5, 0.6) is 5.75 Å². The van der Waals surface area contributed by atoms with Crippen LogP contribution in [0.4, 0.5) is 0 Å². The lowest BCUT2D eigenvalue weighted by Gasteiger charge is -2.16. The molecule has 4 nitrogen and oxygen atoms in total. The zero-order valence-corrected chi connectivity index (χ0v) is 13.3. The molecule has 1 atom stereocenters. The van der Waals surface area contributed by atoms with Crippen LogP contribution in [0.25, 0.3) is 0 Å². The molecule has 1 unspecified atom stereocenters. The highest BCUT2D eigenvalue weighted by atomic mass is 79.9. The molecule has 19 heavy (non-hydrogen) atoms. The van der Waals surface area contributed by atoms with Gasteiger partial charge in [0.1, 0.15) is 12.4 Å². The Hall–Kier alpha value is -1.23. The van der Waals surface area contributed by atoms with Crippen LogP contribution in [-0.2, 0) is 0 Å².